The van der Waals surface area contributed by atoms with Gasteiger partial charge in [0.15, 0.2) is 0 Å². The summed E-state index contributed by atoms with van der Waals surface area (Å²) in [5.41, 5.74) is 0.716. The number of halogens is 3. The molecule has 1 saturated carbocycles. The maximum Gasteiger partial charge on any atom is 0.416 e. The Labute approximate surface area is 194 Å². The third-order valence-electron chi connectivity index (χ3n) is 6.42. The average Bonchev–Trinajstić information content (AvgIpc) is 3.31. The second-order valence-electron chi connectivity index (χ2n) is 8.79. The lowest BCUT2D eigenvalue weighted by molar-refractivity contribution is -0.137. The van der Waals surface area contributed by atoms with Crippen LogP contribution in [-0.2, 0) is 11.8 Å². The van der Waals surface area contributed by atoms with Crippen LogP contribution in [0.5, 0.6) is 0 Å². The first-order chi connectivity index (χ1) is 15.6. The number of amides is 1. The number of nitrogens with zero attached hydrogens (tertiary/aromatic N) is 2. The van der Waals surface area contributed by atoms with Crippen LogP contribution >= 0.6 is 11.3 Å². The number of alkyl halides is 3. The molecular weight excluding hydrogens is 453 g/mol. The molecule has 178 valence electrons. The van der Waals surface area contributed by atoms with E-state index in [2.05, 4.69) is 27.1 Å². The number of aliphatic hydroxyl groups is 1. The van der Waals surface area contributed by atoms with Crippen molar-refractivity contribution in [2.75, 3.05) is 19.6 Å². The van der Waals surface area contributed by atoms with E-state index in [-0.39, 0.29) is 18.2 Å². The Morgan fingerprint density at radius 1 is 1.30 bits per heavy atom. The van der Waals surface area contributed by atoms with Gasteiger partial charge in [0.05, 0.1) is 28.5 Å². The summed E-state index contributed by atoms with van der Waals surface area (Å²) in [6, 6.07) is 5.00. The summed E-state index contributed by atoms with van der Waals surface area (Å²) in [6.07, 6.45) is 0.567. The molecule has 0 unspecified atom stereocenters. The van der Waals surface area contributed by atoms with Gasteiger partial charge in [-0.15, -0.1) is 11.3 Å². The predicted octanol–water partition coefficient (Wildman–Crippen LogP) is 3.51. The monoisotopic (exact) mass is 480 g/mol. The minimum Gasteiger partial charge on any atom is -0.384 e. The number of likely N-dealkylation sites (tertiary alicyclic amines) is 1. The van der Waals surface area contributed by atoms with Crippen molar-refractivity contribution in [1.82, 2.24) is 20.5 Å². The molecule has 2 aromatic rings. The Kier molecular flexibility index (Phi) is 6.78. The Morgan fingerprint density at radius 3 is 2.67 bits per heavy atom. The zero-order chi connectivity index (χ0) is 23.6. The average molecular weight is 481 g/mol. The van der Waals surface area contributed by atoms with Crippen molar-refractivity contribution in [1.29, 1.82) is 0 Å². The highest BCUT2D eigenvalue weighted by Crippen LogP contribution is 2.40. The molecule has 2 heterocycles. The summed E-state index contributed by atoms with van der Waals surface area (Å²) < 4.78 is 38.5. The maximum absolute atomic E-state index is 12.8. The number of carbonyl (C=O) groups is 1. The van der Waals surface area contributed by atoms with Crippen molar-refractivity contribution in [2.45, 2.75) is 49.5 Å². The van der Waals surface area contributed by atoms with E-state index in [1.165, 1.54) is 23.5 Å². The minimum absolute atomic E-state index is 0.0389. The Morgan fingerprint density at radius 2 is 2.03 bits per heavy atom. The maximum atomic E-state index is 12.8. The van der Waals surface area contributed by atoms with Crippen LogP contribution in [0.3, 0.4) is 0 Å². The van der Waals surface area contributed by atoms with E-state index in [4.69, 9.17) is 0 Å². The second kappa shape index (κ2) is 9.44. The van der Waals surface area contributed by atoms with Gasteiger partial charge in [0.1, 0.15) is 5.60 Å². The molecule has 0 radical (unpaired) electrons. The SMILES string of the molecule is C=C(CNC(=O)c1cccc(C(F)(F)F)c1)NC1CN(C2CCC(O)(c3cncs3)CC2)C1. The Hall–Kier alpha value is -2.43. The molecule has 33 heavy (non-hydrogen) atoms. The van der Waals surface area contributed by atoms with Gasteiger partial charge in [-0.1, -0.05) is 12.6 Å². The first-order valence-corrected chi connectivity index (χ1v) is 11.8. The Balaban J connectivity index is 1.17. The number of thiazole rings is 1. The van der Waals surface area contributed by atoms with Crippen LogP contribution in [0, 0.1) is 0 Å². The summed E-state index contributed by atoms with van der Waals surface area (Å²) in [7, 11) is 0. The van der Waals surface area contributed by atoms with E-state index in [1.807, 2.05) is 0 Å². The number of rotatable bonds is 7. The fourth-order valence-corrected chi connectivity index (χ4v) is 5.29. The summed E-state index contributed by atoms with van der Waals surface area (Å²) in [4.78, 5) is 19.6. The van der Waals surface area contributed by atoms with E-state index in [1.54, 1.807) is 11.7 Å². The topological polar surface area (TPSA) is 77.5 Å². The van der Waals surface area contributed by atoms with Gasteiger partial charge < -0.3 is 15.7 Å². The van der Waals surface area contributed by atoms with E-state index in [0.717, 1.165) is 55.8 Å². The first kappa shape index (κ1) is 23.7. The van der Waals surface area contributed by atoms with Crippen molar-refractivity contribution < 1.29 is 23.1 Å². The molecule has 4 rings (SSSR count). The number of aromatic nitrogens is 1. The van der Waals surface area contributed by atoms with Gasteiger partial charge in [0.2, 0.25) is 0 Å². The molecule has 10 heteroatoms. The van der Waals surface area contributed by atoms with Crippen molar-refractivity contribution in [3.63, 3.8) is 0 Å². The zero-order valence-corrected chi connectivity index (χ0v) is 18.9. The summed E-state index contributed by atoms with van der Waals surface area (Å²) in [5, 5.41) is 16.8. The van der Waals surface area contributed by atoms with Gasteiger partial charge >= 0.3 is 6.18 Å². The smallest absolute Gasteiger partial charge is 0.384 e. The van der Waals surface area contributed by atoms with Gasteiger partial charge in [-0.2, -0.15) is 13.2 Å². The van der Waals surface area contributed by atoms with E-state index < -0.39 is 23.2 Å². The van der Waals surface area contributed by atoms with Crippen molar-refractivity contribution in [3.05, 3.63) is 64.3 Å². The standard InChI is InChI=1S/C23H27F3N4O2S/c1-15(10-28-21(31)16-3-2-4-17(9-16)23(24,25)26)29-18-12-30(13-18)19-5-7-22(32,8-6-19)20-11-27-14-33-20/h2-4,9,11,14,18-19,29,32H,1,5-8,10,12-13H2,(H,28,31). The van der Waals surface area contributed by atoms with Crippen molar-refractivity contribution in [2.24, 2.45) is 0 Å². The lowest BCUT2D eigenvalue weighted by atomic mass is 9.80. The fraction of sp³-hybridized carbons (Fsp3) is 0.478. The molecule has 1 aliphatic heterocycles. The van der Waals surface area contributed by atoms with Crippen LogP contribution in [0.2, 0.25) is 0 Å². The highest BCUT2D eigenvalue weighted by atomic mass is 32.1. The summed E-state index contributed by atoms with van der Waals surface area (Å²) in [6.45, 7) is 5.76. The number of hydrogen-bond donors (Lipinski definition) is 3. The quantitative estimate of drug-likeness (QED) is 0.566. The Bertz CT molecular complexity index is 982. The third-order valence-corrected chi connectivity index (χ3v) is 7.39. The molecule has 0 spiro atoms. The largest absolute Gasteiger partial charge is 0.416 e. The molecule has 0 atom stereocenters. The molecule has 2 fully saturated rings. The molecule has 2 aliphatic rings. The molecular formula is C23H27F3N4O2S. The van der Waals surface area contributed by atoms with Crippen molar-refractivity contribution in [3.8, 4) is 0 Å². The number of benzene rings is 1. The van der Waals surface area contributed by atoms with Gasteiger partial charge in [-0.3, -0.25) is 14.7 Å². The van der Waals surface area contributed by atoms with E-state index in [9.17, 15) is 23.1 Å². The molecule has 1 saturated heterocycles. The number of nitrogens with one attached hydrogen (secondary N) is 2. The zero-order valence-electron chi connectivity index (χ0n) is 18.1. The van der Waals surface area contributed by atoms with E-state index >= 15 is 0 Å². The highest BCUT2D eigenvalue weighted by molar-refractivity contribution is 7.09. The fourth-order valence-electron chi connectivity index (χ4n) is 4.50. The lowest BCUT2D eigenvalue weighted by Crippen LogP contribution is -2.62. The molecule has 1 amide bonds. The number of hydrogen-bond acceptors (Lipinski definition) is 6. The molecule has 6 nitrogen and oxygen atoms in total. The predicted molar refractivity (Wildman–Crippen MR) is 120 cm³/mol. The van der Waals surface area contributed by atoms with Crippen LogP contribution in [0.15, 0.2) is 48.2 Å². The van der Waals surface area contributed by atoms with Crippen LogP contribution in [0.4, 0.5) is 13.2 Å². The third kappa shape index (κ3) is 5.56. The lowest BCUT2D eigenvalue weighted by Gasteiger charge is -2.48. The van der Waals surface area contributed by atoms with Crippen LogP contribution in [0.1, 0.15) is 46.5 Å². The van der Waals surface area contributed by atoms with Gasteiger partial charge in [0, 0.05) is 36.6 Å². The van der Waals surface area contributed by atoms with Gasteiger partial charge in [-0.25, -0.2) is 0 Å². The van der Waals surface area contributed by atoms with E-state index in [0.29, 0.717) is 11.7 Å². The van der Waals surface area contributed by atoms with Gasteiger partial charge in [0.25, 0.3) is 5.91 Å². The van der Waals surface area contributed by atoms with Crippen LogP contribution in [-0.4, -0.2) is 52.6 Å². The molecule has 1 aromatic heterocycles. The molecule has 1 aromatic carbocycles. The minimum atomic E-state index is -4.49. The normalized spacial score (nSPS) is 24.2. The van der Waals surface area contributed by atoms with Crippen LogP contribution < -0.4 is 10.6 Å². The van der Waals surface area contributed by atoms with Crippen molar-refractivity contribution >= 4 is 17.2 Å². The first-order valence-electron chi connectivity index (χ1n) is 10.9. The molecule has 0 bridgehead atoms. The molecule has 3 N–H and O–H groups in total. The number of carbonyl (C=O) groups excluding carboxylic acids is 1. The highest BCUT2D eigenvalue weighted by Gasteiger charge is 2.40. The molecule has 1 aliphatic carbocycles. The summed E-state index contributed by atoms with van der Waals surface area (Å²) in [5.74, 6) is -0.574. The second-order valence-corrected chi connectivity index (χ2v) is 9.67. The van der Waals surface area contributed by atoms with Gasteiger partial charge in [-0.05, 0) is 43.9 Å². The van der Waals surface area contributed by atoms with Crippen LogP contribution in [0.25, 0.3) is 0 Å². The summed E-state index contributed by atoms with van der Waals surface area (Å²) >= 11 is 1.50.